The van der Waals surface area contributed by atoms with Gasteiger partial charge in [0.2, 0.25) is 10.0 Å². The number of carbonyl (C=O) groups excluding carboxylic acids is 1. The summed E-state index contributed by atoms with van der Waals surface area (Å²) in [5, 5.41) is 2.63. The number of amides is 1. The van der Waals surface area contributed by atoms with E-state index in [9.17, 15) is 17.6 Å². The number of aryl methyl sites for hydroxylation is 1. The van der Waals surface area contributed by atoms with Gasteiger partial charge in [0.1, 0.15) is 16.5 Å². The second-order valence-electron chi connectivity index (χ2n) is 6.74. The number of hydrogen-bond donors (Lipinski definition) is 1. The highest BCUT2D eigenvalue weighted by atomic mass is 32.2. The van der Waals surface area contributed by atoms with E-state index in [2.05, 4.69) is 5.32 Å². The van der Waals surface area contributed by atoms with Gasteiger partial charge in [0.15, 0.2) is 0 Å². The lowest BCUT2D eigenvalue weighted by molar-refractivity contribution is 0.102. The first-order valence-electron chi connectivity index (χ1n) is 9.08. The Morgan fingerprint density at radius 3 is 2.50 bits per heavy atom. The lowest BCUT2D eigenvalue weighted by Gasteiger charge is -2.26. The molecule has 0 bridgehead atoms. The molecule has 0 aliphatic carbocycles. The zero-order valence-electron chi connectivity index (χ0n) is 15.9. The highest BCUT2D eigenvalue weighted by molar-refractivity contribution is 7.89. The number of anilines is 1. The van der Waals surface area contributed by atoms with E-state index in [1.54, 1.807) is 13.0 Å². The van der Waals surface area contributed by atoms with Crippen LogP contribution in [-0.4, -0.2) is 38.8 Å². The minimum atomic E-state index is -3.78. The molecular weight excluding hydrogens is 383 g/mol. The molecule has 1 amide bonds. The predicted octanol–water partition coefficient (Wildman–Crippen LogP) is 3.57. The third-order valence-electron chi connectivity index (χ3n) is 4.81. The highest BCUT2D eigenvalue weighted by Gasteiger charge is 2.29. The monoisotopic (exact) mass is 406 g/mol. The molecule has 1 heterocycles. The number of nitrogens with zero attached hydrogens (tertiary/aromatic N) is 1. The summed E-state index contributed by atoms with van der Waals surface area (Å²) in [5.41, 5.74) is 1.19. The number of ether oxygens (including phenoxy) is 1. The van der Waals surface area contributed by atoms with Gasteiger partial charge in [-0.25, -0.2) is 12.8 Å². The molecule has 0 saturated carbocycles. The van der Waals surface area contributed by atoms with Crippen LogP contribution in [0, 0.1) is 12.7 Å². The summed E-state index contributed by atoms with van der Waals surface area (Å²) in [5.74, 6) is -0.806. The lowest BCUT2D eigenvalue weighted by atomic mass is 10.1. The van der Waals surface area contributed by atoms with Gasteiger partial charge in [-0.3, -0.25) is 4.79 Å². The Hall–Kier alpha value is -2.45. The van der Waals surface area contributed by atoms with Crippen molar-refractivity contribution in [1.82, 2.24) is 4.31 Å². The zero-order valence-corrected chi connectivity index (χ0v) is 16.7. The Bertz CT molecular complexity index is 986. The number of piperidine rings is 1. The van der Waals surface area contributed by atoms with Crippen molar-refractivity contribution in [2.75, 3.05) is 25.5 Å². The van der Waals surface area contributed by atoms with Crippen molar-refractivity contribution in [1.29, 1.82) is 0 Å². The van der Waals surface area contributed by atoms with E-state index in [1.807, 2.05) is 0 Å². The average Bonchev–Trinajstić information content (AvgIpc) is 2.70. The number of hydrogen-bond acceptors (Lipinski definition) is 4. The first kappa shape index (κ1) is 20.3. The molecule has 8 heteroatoms. The summed E-state index contributed by atoms with van der Waals surface area (Å²) in [6.45, 7) is 2.64. The van der Waals surface area contributed by atoms with Gasteiger partial charge >= 0.3 is 0 Å². The minimum absolute atomic E-state index is 0.0412. The van der Waals surface area contributed by atoms with Crippen molar-refractivity contribution in [3.05, 3.63) is 53.3 Å². The molecular formula is C20H23FN2O4S. The van der Waals surface area contributed by atoms with Crippen molar-refractivity contribution >= 4 is 21.6 Å². The topological polar surface area (TPSA) is 75.7 Å². The standard InChI is InChI=1S/C20H23FN2O4S/c1-14-6-8-16(21)13-17(14)22-20(24)15-7-9-18(27-2)19(12-15)28(25,26)23-10-4-3-5-11-23/h6-9,12-13H,3-5,10-11H2,1-2H3,(H,22,24). The van der Waals surface area contributed by atoms with E-state index in [4.69, 9.17) is 4.74 Å². The largest absolute Gasteiger partial charge is 0.495 e. The van der Waals surface area contributed by atoms with Crippen LogP contribution in [0.5, 0.6) is 5.75 Å². The van der Waals surface area contributed by atoms with Gasteiger partial charge < -0.3 is 10.1 Å². The summed E-state index contributed by atoms with van der Waals surface area (Å²) < 4.78 is 46.2. The fourth-order valence-electron chi connectivity index (χ4n) is 3.19. The Morgan fingerprint density at radius 2 is 1.82 bits per heavy atom. The number of carbonyl (C=O) groups is 1. The van der Waals surface area contributed by atoms with Crippen LogP contribution in [0.3, 0.4) is 0 Å². The Labute approximate surface area is 164 Å². The van der Waals surface area contributed by atoms with Crippen molar-refractivity contribution in [2.24, 2.45) is 0 Å². The molecule has 0 radical (unpaired) electrons. The molecule has 0 aromatic heterocycles. The maximum absolute atomic E-state index is 13.5. The van der Waals surface area contributed by atoms with E-state index in [0.717, 1.165) is 19.3 Å². The minimum Gasteiger partial charge on any atom is -0.495 e. The van der Waals surface area contributed by atoms with Crippen molar-refractivity contribution in [3.8, 4) is 5.75 Å². The molecule has 2 aromatic rings. The molecule has 1 N–H and O–H groups in total. The lowest BCUT2D eigenvalue weighted by Crippen LogP contribution is -2.35. The number of methoxy groups -OCH3 is 1. The molecule has 150 valence electrons. The molecule has 0 unspecified atom stereocenters. The molecule has 1 aliphatic heterocycles. The zero-order chi connectivity index (χ0) is 20.3. The van der Waals surface area contributed by atoms with E-state index in [0.29, 0.717) is 24.3 Å². The van der Waals surface area contributed by atoms with E-state index >= 15 is 0 Å². The third-order valence-corrected chi connectivity index (χ3v) is 6.73. The summed E-state index contributed by atoms with van der Waals surface area (Å²) in [7, 11) is -2.39. The first-order chi connectivity index (χ1) is 13.3. The SMILES string of the molecule is COc1ccc(C(=O)Nc2cc(F)ccc2C)cc1S(=O)(=O)N1CCCCC1. The Balaban J connectivity index is 1.94. The number of nitrogens with one attached hydrogen (secondary N) is 1. The van der Waals surface area contributed by atoms with Gasteiger partial charge in [0.25, 0.3) is 5.91 Å². The third kappa shape index (κ3) is 4.18. The molecule has 0 atom stereocenters. The van der Waals surface area contributed by atoms with Crippen LogP contribution in [0.2, 0.25) is 0 Å². The summed E-state index contributed by atoms with van der Waals surface area (Å²) in [6, 6.07) is 8.35. The molecule has 1 aliphatic rings. The van der Waals surface area contributed by atoms with Gasteiger partial charge in [0.05, 0.1) is 7.11 Å². The molecule has 6 nitrogen and oxygen atoms in total. The molecule has 2 aromatic carbocycles. The van der Waals surface area contributed by atoms with Crippen LogP contribution in [0.4, 0.5) is 10.1 Å². The van der Waals surface area contributed by atoms with Crippen molar-refractivity contribution in [2.45, 2.75) is 31.1 Å². The molecule has 0 spiro atoms. The normalized spacial score (nSPS) is 15.2. The number of rotatable bonds is 5. The second kappa shape index (κ2) is 8.28. The number of sulfonamides is 1. The van der Waals surface area contributed by atoms with Crippen LogP contribution < -0.4 is 10.1 Å². The van der Waals surface area contributed by atoms with Gasteiger partial charge in [-0.2, -0.15) is 4.31 Å². The van der Waals surface area contributed by atoms with Crippen LogP contribution in [0.1, 0.15) is 35.2 Å². The summed E-state index contributed by atoms with van der Waals surface area (Å²) in [4.78, 5) is 12.6. The quantitative estimate of drug-likeness (QED) is 0.824. The van der Waals surface area contributed by atoms with Crippen molar-refractivity contribution < 1.29 is 22.3 Å². The van der Waals surface area contributed by atoms with Gasteiger partial charge in [-0.15, -0.1) is 0 Å². The summed E-state index contributed by atoms with van der Waals surface area (Å²) in [6.07, 6.45) is 2.61. The van der Waals surface area contributed by atoms with Crippen molar-refractivity contribution in [3.63, 3.8) is 0 Å². The molecule has 28 heavy (non-hydrogen) atoms. The van der Waals surface area contributed by atoms with Gasteiger partial charge in [0, 0.05) is 24.3 Å². The fourth-order valence-corrected chi connectivity index (χ4v) is 4.89. The van der Waals surface area contributed by atoms with Crippen LogP contribution in [0.15, 0.2) is 41.3 Å². The smallest absolute Gasteiger partial charge is 0.255 e. The van der Waals surface area contributed by atoms with Gasteiger partial charge in [-0.1, -0.05) is 12.5 Å². The number of halogens is 1. The fraction of sp³-hybridized carbons (Fsp3) is 0.350. The molecule has 1 saturated heterocycles. The van der Waals surface area contributed by atoms with E-state index < -0.39 is 21.7 Å². The van der Waals surface area contributed by atoms with E-state index in [1.165, 1.54) is 41.7 Å². The van der Waals surface area contributed by atoms with Crippen LogP contribution in [0.25, 0.3) is 0 Å². The Morgan fingerprint density at radius 1 is 1.11 bits per heavy atom. The van der Waals surface area contributed by atoms with Gasteiger partial charge in [-0.05, 0) is 55.7 Å². The molecule has 3 rings (SSSR count). The highest BCUT2D eigenvalue weighted by Crippen LogP contribution is 2.30. The maximum atomic E-state index is 13.5. The second-order valence-corrected chi connectivity index (χ2v) is 8.65. The number of benzene rings is 2. The maximum Gasteiger partial charge on any atom is 0.255 e. The Kier molecular flexibility index (Phi) is 6.00. The first-order valence-corrected chi connectivity index (χ1v) is 10.5. The van der Waals surface area contributed by atoms with Crippen LogP contribution >= 0.6 is 0 Å². The average molecular weight is 406 g/mol. The van der Waals surface area contributed by atoms with Crippen LogP contribution in [-0.2, 0) is 10.0 Å². The van der Waals surface area contributed by atoms with E-state index in [-0.39, 0.29) is 16.2 Å². The predicted molar refractivity (Wildman–Crippen MR) is 105 cm³/mol. The molecule has 1 fully saturated rings. The summed E-state index contributed by atoms with van der Waals surface area (Å²) >= 11 is 0.